The normalized spacial score (nSPS) is 10.5. The zero-order valence-corrected chi connectivity index (χ0v) is 17.5. The standard InChI is InChI=1S/C24H22N6O2/c1-17-7-5-6-10-21(17)15-22(31)25-27-24(32)20-13-11-18(12-14-20)16-30-28-23(26-29-30)19-8-3-2-4-9-19/h2-14H,15-16H2,1H3,(H,25,31)(H,27,32). The van der Waals surface area contributed by atoms with Crippen LogP contribution in [0.4, 0.5) is 0 Å². The highest BCUT2D eigenvalue weighted by Gasteiger charge is 2.10. The number of carbonyl (C=O) groups is 2. The fourth-order valence-electron chi connectivity index (χ4n) is 3.16. The molecule has 1 heterocycles. The molecule has 4 rings (SSSR count). The summed E-state index contributed by atoms with van der Waals surface area (Å²) in [4.78, 5) is 25.9. The zero-order chi connectivity index (χ0) is 22.3. The maximum atomic E-state index is 12.3. The first kappa shape index (κ1) is 20.9. The molecule has 0 saturated carbocycles. The number of carbonyl (C=O) groups excluding carboxylic acids is 2. The second kappa shape index (κ2) is 9.65. The molecular formula is C24H22N6O2. The molecule has 0 fully saturated rings. The Balaban J connectivity index is 1.30. The highest BCUT2D eigenvalue weighted by molar-refractivity contribution is 5.95. The number of nitrogens with one attached hydrogen (secondary N) is 2. The van der Waals surface area contributed by atoms with Crippen LogP contribution in [0.1, 0.15) is 27.0 Å². The van der Waals surface area contributed by atoms with Gasteiger partial charge < -0.3 is 0 Å². The van der Waals surface area contributed by atoms with Gasteiger partial charge in [-0.3, -0.25) is 20.4 Å². The number of rotatable bonds is 6. The van der Waals surface area contributed by atoms with E-state index < -0.39 is 0 Å². The summed E-state index contributed by atoms with van der Waals surface area (Å²) in [5.41, 5.74) is 9.11. The fourth-order valence-corrected chi connectivity index (χ4v) is 3.16. The van der Waals surface area contributed by atoms with E-state index in [0.29, 0.717) is 17.9 Å². The molecule has 8 nitrogen and oxygen atoms in total. The third kappa shape index (κ3) is 5.23. The Hall–Kier alpha value is -4.33. The summed E-state index contributed by atoms with van der Waals surface area (Å²) in [7, 11) is 0. The van der Waals surface area contributed by atoms with E-state index in [0.717, 1.165) is 22.3 Å². The molecule has 0 radical (unpaired) electrons. The Morgan fingerprint density at radius 2 is 1.59 bits per heavy atom. The Bertz CT molecular complexity index is 1220. The summed E-state index contributed by atoms with van der Waals surface area (Å²) in [6, 6.07) is 24.3. The van der Waals surface area contributed by atoms with Crippen LogP contribution in [-0.4, -0.2) is 32.0 Å². The monoisotopic (exact) mass is 426 g/mol. The lowest BCUT2D eigenvalue weighted by atomic mass is 10.1. The number of benzene rings is 3. The van der Waals surface area contributed by atoms with Crippen molar-refractivity contribution in [3.63, 3.8) is 0 Å². The number of aromatic nitrogens is 4. The maximum absolute atomic E-state index is 12.3. The van der Waals surface area contributed by atoms with Gasteiger partial charge in [0.2, 0.25) is 11.7 Å². The predicted octanol–water partition coefficient (Wildman–Crippen LogP) is 2.70. The Morgan fingerprint density at radius 1 is 0.875 bits per heavy atom. The van der Waals surface area contributed by atoms with Crippen LogP contribution in [0.25, 0.3) is 11.4 Å². The minimum Gasteiger partial charge on any atom is -0.273 e. The van der Waals surface area contributed by atoms with Gasteiger partial charge in [0.1, 0.15) is 0 Å². The van der Waals surface area contributed by atoms with Crippen LogP contribution >= 0.6 is 0 Å². The zero-order valence-electron chi connectivity index (χ0n) is 17.5. The number of hydrogen-bond acceptors (Lipinski definition) is 5. The maximum Gasteiger partial charge on any atom is 0.269 e. The van der Waals surface area contributed by atoms with Crippen molar-refractivity contribution >= 4 is 11.8 Å². The summed E-state index contributed by atoms with van der Waals surface area (Å²) in [6.07, 6.45) is 0.196. The third-order valence-electron chi connectivity index (χ3n) is 4.95. The lowest BCUT2D eigenvalue weighted by Gasteiger charge is -2.09. The summed E-state index contributed by atoms with van der Waals surface area (Å²) in [6.45, 7) is 2.37. The van der Waals surface area contributed by atoms with E-state index in [1.807, 2.05) is 73.7 Å². The Labute approximate surface area is 185 Å². The molecule has 0 unspecified atom stereocenters. The van der Waals surface area contributed by atoms with Crippen LogP contribution in [0, 0.1) is 6.92 Å². The lowest BCUT2D eigenvalue weighted by molar-refractivity contribution is -0.121. The van der Waals surface area contributed by atoms with E-state index in [1.54, 1.807) is 12.1 Å². The van der Waals surface area contributed by atoms with Crippen LogP contribution in [0.5, 0.6) is 0 Å². The average Bonchev–Trinajstić information content (AvgIpc) is 3.28. The molecule has 0 aliphatic heterocycles. The van der Waals surface area contributed by atoms with Crippen molar-refractivity contribution in [1.29, 1.82) is 0 Å². The molecule has 160 valence electrons. The number of amides is 2. The highest BCUT2D eigenvalue weighted by Crippen LogP contribution is 2.13. The first-order chi connectivity index (χ1) is 15.6. The van der Waals surface area contributed by atoms with Gasteiger partial charge in [0.15, 0.2) is 0 Å². The van der Waals surface area contributed by atoms with E-state index in [-0.39, 0.29) is 18.2 Å². The molecule has 0 aliphatic carbocycles. The quantitative estimate of drug-likeness (QED) is 0.462. The molecular weight excluding hydrogens is 404 g/mol. The van der Waals surface area contributed by atoms with Gasteiger partial charge in [0, 0.05) is 11.1 Å². The van der Waals surface area contributed by atoms with Crippen molar-refractivity contribution in [1.82, 2.24) is 31.1 Å². The van der Waals surface area contributed by atoms with Gasteiger partial charge in [-0.25, -0.2) is 0 Å². The number of hydrogen-bond donors (Lipinski definition) is 2. The van der Waals surface area contributed by atoms with Gasteiger partial charge in [-0.2, -0.15) is 4.80 Å². The van der Waals surface area contributed by atoms with Crippen LogP contribution in [0.3, 0.4) is 0 Å². The van der Waals surface area contributed by atoms with Crippen molar-refractivity contribution in [2.24, 2.45) is 0 Å². The second-order valence-electron chi connectivity index (χ2n) is 7.31. The van der Waals surface area contributed by atoms with Gasteiger partial charge in [0.05, 0.1) is 13.0 Å². The largest absolute Gasteiger partial charge is 0.273 e. The topological polar surface area (TPSA) is 102 Å². The van der Waals surface area contributed by atoms with Crippen molar-refractivity contribution in [3.8, 4) is 11.4 Å². The average molecular weight is 426 g/mol. The first-order valence-electron chi connectivity index (χ1n) is 10.1. The van der Waals surface area contributed by atoms with Crippen LogP contribution < -0.4 is 10.9 Å². The number of hydrazine groups is 1. The van der Waals surface area contributed by atoms with Gasteiger partial charge in [0.25, 0.3) is 5.91 Å². The summed E-state index contributed by atoms with van der Waals surface area (Å²) >= 11 is 0. The molecule has 0 atom stereocenters. The van der Waals surface area contributed by atoms with E-state index in [9.17, 15) is 9.59 Å². The van der Waals surface area contributed by atoms with Gasteiger partial charge in [-0.05, 0) is 41.0 Å². The molecule has 2 N–H and O–H groups in total. The molecule has 3 aromatic carbocycles. The van der Waals surface area contributed by atoms with Gasteiger partial charge in [-0.15, -0.1) is 10.2 Å². The number of nitrogens with zero attached hydrogens (tertiary/aromatic N) is 4. The van der Waals surface area contributed by atoms with Crippen molar-refractivity contribution < 1.29 is 9.59 Å². The van der Waals surface area contributed by atoms with Gasteiger partial charge in [-0.1, -0.05) is 66.7 Å². The van der Waals surface area contributed by atoms with E-state index in [4.69, 9.17) is 0 Å². The Morgan fingerprint density at radius 3 is 2.34 bits per heavy atom. The molecule has 8 heteroatoms. The summed E-state index contributed by atoms with van der Waals surface area (Å²) < 4.78 is 0. The molecule has 0 saturated heterocycles. The molecule has 32 heavy (non-hydrogen) atoms. The lowest BCUT2D eigenvalue weighted by Crippen LogP contribution is -2.42. The fraction of sp³-hybridized carbons (Fsp3) is 0.125. The molecule has 2 amide bonds. The van der Waals surface area contributed by atoms with Crippen LogP contribution in [0.15, 0.2) is 78.9 Å². The number of tetrazole rings is 1. The highest BCUT2D eigenvalue weighted by atomic mass is 16.2. The number of aryl methyl sites for hydroxylation is 1. The smallest absolute Gasteiger partial charge is 0.269 e. The van der Waals surface area contributed by atoms with E-state index in [2.05, 4.69) is 26.3 Å². The SMILES string of the molecule is Cc1ccccc1CC(=O)NNC(=O)c1ccc(Cn2nnc(-c3ccccc3)n2)cc1. The third-order valence-corrected chi connectivity index (χ3v) is 4.95. The van der Waals surface area contributed by atoms with Crippen molar-refractivity contribution in [3.05, 3.63) is 101 Å². The second-order valence-corrected chi connectivity index (χ2v) is 7.31. The minimum atomic E-state index is -0.389. The van der Waals surface area contributed by atoms with Crippen LogP contribution in [0.2, 0.25) is 0 Å². The molecule has 4 aromatic rings. The molecule has 0 bridgehead atoms. The van der Waals surface area contributed by atoms with E-state index >= 15 is 0 Å². The first-order valence-corrected chi connectivity index (χ1v) is 10.1. The minimum absolute atomic E-state index is 0.196. The van der Waals surface area contributed by atoms with Crippen molar-refractivity contribution in [2.45, 2.75) is 19.9 Å². The van der Waals surface area contributed by atoms with E-state index in [1.165, 1.54) is 4.80 Å². The van der Waals surface area contributed by atoms with Gasteiger partial charge >= 0.3 is 0 Å². The molecule has 1 aromatic heterocycles. The summed E-state index contributed by atoms with van der Waals surface area (Å²) in [5, 5.41) is 12.6. The Kier molecular flexibility index (Phi) is 6.31. The molecule has 0 spiro atoms. The molecule has 0 aliphatic rings. The summed E-state index contributed by atoms with van der Waals surface area (Å²) in [5.74, 6) is -0.112. The van der Waals surface area contributed by atoms with Crippen LogP contribution in [-0.2, 0) is 17.8 Å². The predicted molar refractivity (Wildman–Crippen MR) is 119 cm³/mol. The van der Waals surface area contributed by atoms with Crippen molar-refractivity contribution in [2.75, 3.05) is 0 Å².